The van der Waals surface area contributed by atoms with Crippen LogP contribution < -0.4 is 4.74 Å². The third kappa shape index (κ3) is 1.99. The molecule has 3 rings (SSSR count). The van der Waals surface area contributed by atoms with E-state index >= 15 is 0 Å². The molecule has 5 heteroatoms. The first kappa shape index (κ1) is 12.8. The monoisotopic (exact) mass is 274 g/mol. The molecule has 1 aliphatic rings. The Kier molecular flexibility index (Phi) is 3.26. The van der Waals surface area contributed by atoms with Gasteiger partial charge in [-0.05, 0) is 13.0 Å². The van der Waals surface area contributed by atoms with Crippen molar-refractivity contribution in [3.05, 3.63) is 29.5 Å². The van der Waals surface area contributed by atoms with E-state index < -0.39 is 0 Å². The standard InChI is InChI=1S/C15H18N2O3/c1-3-20-15(18)17-8-7-12-11(9-17)10-5-4-6-13(19-2)14(10)16-12/h4-6,16H,3,7-9H2,1-2H3. The lowest BCUT2D eigenvalue weighted by Crippen LogP contribution is -2.36. The molecule has 1 N–H and O–H groups in total. The second kappa shape index (κ2) is 5.07. The molecule has 1 aromatic heterocycles. The molecule has 0 saturated heterocycles. The highest BCUT2D eigenvalue weighted by atomic mass is 16.6. The second-order valence-electron chi connectivity index (χ2n) is 4.84. The summed E-state index contributed by atoms with van der Waals surface area (Å²) in [4.78, 5) is 17.0. The Morgan fingerprint density at radius 2 is 2.30 bits per heavy atom. The van der Waals surface area contributed by atoms with Gasteiger partial charge in [-0.25, -0.2) is 4.79 Å². The number of nitrogens with zero attached hydrogens (tertiary/aromatic N) is 1. The van der Waals surface area contributed by atoms with Crippen LogP contribution in [-0.4, -0.2) is 36.2 Å². The Morgan fingerprint density at radius 3 is 3.05 bits per heavy atom. The number of carbonyl (C=O) groups excluding carboxylic acids is 1. The summed E-state index contributed by atoms with van der Waals surface area (Å²) in [6.07, 6.45) is 0.571. The van der Waals surface area contributed by atoms with E-state index in [0.717, 1.165) is 23.1 Å². The third-order valence-electron chi connectivity index (χ3n) is 3.72. The molecule has 20 heavy (non-hydrogen) atoms. The maximum Gasteiger partial charge on any atom is 0.410 e. The van der Waals surface area contributed by atoms with Gasteiger partial charge in [-0.2, -0.15) is 0 Å². The summed E-state index contributed by atoms with van der Waals surface area (Å²) in [5, 5.41) is 1.12. The fourth-order valence-corrected chi connectivity index (χ4v) is 2.75. The molecule has 0 unspecified atom stereocenters. The van der Waals surface area contributed by atoms with Crippen LogP contribution in [0.15, 0.2) is 18.2 Å². The number of aromatic amines is 1. The van der Waals surface area contributed by atoms with Gasteiger partial charge in [0.05, 0.1) is 25.8 Å². The van der Waals surface area contributed by atoms with E-state index in [9.17, 15) is 4.79 Å². The van der Waals surface area contributed by atoms with Crippen LogP contribution in [0.3, 0.4) is 0 Å². The van der Waals surface area contributed by atoms with E-state index in [-0.39, 0.29) is 6.09 Å². The Bertz CT molecular complexity index is 648. The number of aromatic nitrogens is 1. The average molecular weight is 274 g/mol. The van der Waals surface area contributed by atoms with E-state index in [2.05, 4.69) is 11.1 Å². The number of hydrogen-bond donors (Lipinski definition) is 1. The summed E-state index contributed by atoms with van der Waals surface area (Å²) in [7, 11) is 1.67. The highest BCUT2D eigenvalue weighted by molar-refractivity contribution is 5.90. The Hall–Kier alpha value is -2.17. The lowest BCUT2D eigenvalue weighted by Gasteiger charge is -2.26. The fraction of sp³-hybridized carbons (Fsp3) is 0.400. The van der Waals surface area contributed by atoms with E-state index in [1.54, 1.807) is 12.0 Å². The van der Waals surface area contributed by atoms with Crippen LogP contribution in [0, 0.1) is 0 Å². The van der Waals surface area contributed by atoms with Crippen molar-refractivity contribution in [3.8, 4) is 5.75 Å². The second-order valence-corrected chi connectivity index (χ2v) is 4.84. The number of hydrogen-bond acceptors (Lipinski definition) is 3. The molecule has 1 amide bonds. The van der Waals surface area contributed by atoms with Crippen molar-refractivity contribution < 1.29 is 14.3 Å². The van der Waals surface area contributed by atoms with Crippen LogP contribution in [0.25, 0.3) is 10.9 Å². The Balaban J connectivity index is 1.98. The SMILES string of the molecule is CCOC(=O)N1CCc2[nH]c3c(OC)cccc3c2C1. The largest absolute Gasteiger partial charge is 0.495 e. The van der Waals surface area contributed by atoms with E-state index in [1.165, 1.54) is 11.3 Å². The van der Waals surface area contributed by atoms with Gasteiger partial charge in [0, 0.05) is 29.6 Å². The Morgan fingerprint density at radius 1 is 1.45 bits per heavy atom. The molecule has 2 aromatic rings. The molecule has 1 aliphatic heterocycles. The summed E-state index contributed by atoms with van der Waals surface area (Å²) >= 11 is 0. The lowest BCUT2D eigenvalue weighted by atomic mass is 10.0. The van der Waals surface area contributed by atoms with Gasteiger partial charge < -0.3 is 19.4 Å². The molecule has 0 bridgehead atoms. The number of methoxy groups -OCH3 is 1. The van der Waals surface area contributed by atoms with Gasteiger partial charge in [0.25, 0.3) is 0 Å². The average Bonchev–Trinajstić information content (AvgIpc) is 2.85. The zero-order valence-electron chi connectivity index (χ0n) is 11.7. The smallest absolute Gasteiger partial charge is 0.410 e. The van der Waals surface area contributed by atoms with Gasteiger partial charge in [-0.1, -0.05) is 12.1 Å². The highest BCUT2D eigenvalue weighted by Crippen LogP contribution is 2.32. The molecule has 5 nitrogen and oxygen atoms in total. The topological polar surface area (TPSA) is 54.6 Å². The summed E-state index contributed by atoms with van der Waals surface area (Å²) in [6, 6.07) is 5.97. The number of benzene rings is 1. The zero-order valence-corrected chi connectivity index (χ0v) is 11.7. The van der Waals surface area contributed by atoms with Crippen LogP contribution in [0.1, 0.15) is 18.2 Å². The van der Waals surface area contributed by atoms with Crippen molar-refractivity contribution in [1.82, 2.24) is 9.88 Å². The minimum absolute atomic E-state index is 0.240. The quantitative estimate of drug-likeness (QED) is 0.916. The summed E-state index contributed by atoms with van der Waals surface area (Å²) in [5.74, 6) is 0.833. The van der Waals surface area contributed by atoms with Gasteiger partial charge in [0.15, 0.2) is 0 Å². The molecule has 1 aromatic carbocycles. The Labute approximate surface area is 117 Å². The van der Waals surface area contributed by atoms with Crippen molar-refractivity contribution in [2.45, 2.75) is 19.9 Å². The van der Waals surface area contributed by atoms with Crippen LogP contribution >= 0.6 is 0 Å². The van der Waals surface area contributed by atoms with Crippen LogP contribution in [-0.2, 0) is 17.7 Å². The zero-order chi connectivity index (χ0) is 14.1. The van der Waals surface area contributed by atoms with Crippen molar-refractivity contribution in [1.29, 1.82) is 0 Å². The third-order valence-corrected chi connectivity index (χ3v) is 3.72. The molecule has 106 valence electrons. The molecule has 0 atom stereocenters. The summed E-state index contributed by atoms with van der Waals surface area (Å²) in [5.41, 5.74) is 3.36. The normalized spacial score (nSPS) is 14.2. The van der Waals surface area contributed by atoms with Gasteiger partial charge in [0.2, 0.25) is 0 Å². The molecule has 0 aliphatic carbocycles. The van der Waals surface area contributed by atoms with Gasteiger partial charge >= 0.3 is 6.09 Å². The molecule has 0 fully saturated rings. The van der Waals surface area contributed by atoms with Crippen molar-refractivity contribution >= 4 is 17.0 Å². The number of H-pyrrole nitrogens is 1. The van der Waals surface area contributed by atoms with Gasteiger partial charge in [-0.3, -0.25) is 0 Å². The summed E-state index contributed by atoms with van der Waals surface area (Å²) in [6.45, 7) is 3.50. The predicted octanol–water partition coefficient (Wildman–Crippen LogP) is 2.69. The highest BCUT2D eigenvalue weighted by Gasteiger charge is 2.25. The number of ether oxygens (including phenoxy) is 2. The number of para-hydroxylation sites is 1. The maximum atomic E-state index is 11.9. The van der Waals surface area contributed by atoms with Gasteiger partial charge in [-0.15, -0.1) is 0 Å². The predicted molar refractivity (Wildman–Crippen MR) is 76.0 cm³/mol. The molecular formula is C15H18N2O3. The molecule has 2 heterocycles. The number of nitrogens with one attached hydrogen (secondary N) is 1. The summed E-state index contributed by atoms with van der Waals surface area (Å²) < 4.78 is 10.5. The van der Waals surface area contributed by atoms with Crippen LogP contribution in [0.4, 0.5) is 4.79 Å². The van der Waals surface area contributed by atoms with Crippen molar-refractivity contribution in [2.24, 2.45) is 0 Å². The van der Waals surface area contributed by atoms with Gasteiger partial charge in [0.1, 0.15) is 5.75 Å². The molecule has 0 radical (unpaired) electrons. The first-order chi connectivity index (χ1) is 9.74. The van der Waals surface area contributed by atoms with Crippen LogP contribution in [0.5, 0.6) is 5.75 Å². The van der Waals surface area contributed by atoms with E-state index in [1.807, 2.05) is 19.1 Å². The minimum atomic E-state index is -0.240. The first-order valence-corrected chi connectivity index (χ1v) is 6.82. The maximum absolute atomic E-state index is 11.9. The van der Waals surface area contributed by atoms with Crippen molar-refractivity contribution in [2.75, 3.05) is 20.3 Å². The first-order valence-electron chi connectivity index (χ1n) is 6.82. The fourth-order valence-electron chi connectivity index (χ4n) is 2.75. The number of carbonyl (C=O) groups is 1. The molecule has 0 saturated carbocycles. The lowest BCUT2D eigenvalue weighted by molar-refractivity contribution is 0.103. The number of fused-ring (bicyclic) bond motifs is 3. The minimum Gasteiger partial charge on any atom is -0.495 e. The number of amides is 1. The molecule has 0 spiro atoms. The number of rotatable bonds is 2. The van der Waals surface area contributed by atoms with Crippen molar-refractivity contribution in [3.63, 3.8) is 0 Å². The van der Waals surface area contributed by atoms with Crippen LogP contribution in [0.2, 0.25) is 0 Å². The van der Waals surface area contributed by atoms with E-state index in [4.69, 9.17) is 9.47 Å². The molecular weight excluding hydrogens is 256 g/mol. The van der Waals surface area contributed by atoms with E-state index in [0.29, 0.717) is 19.7 Å².